The minimum atomic E-state index is -0.575. The van der Waals surface area contributed by atoms with Crippen molar-refractivity contribution in [3.63, 3.8) is 0 Å². The van der Waals surface area contributed by atoms with Crippen molar-refractivity contribution < 1.29 is 19.1 Å². The predicted octanol–water partition coefficient (Wildman–Crippen LogP) is 2.10. The van der Waals surface area contributed by atoms with E-state index in [0.29, 0.717) is 5.75 Å². The van der Waals surface area contributed by atoms with Crippen LogP contribution in [0, 0.1) is 6.92 Å². The Morgan fingerprint density at radius 1 is 0.952 bits per heavy atom. The minimum Gasteiger partial charge on any atom is -0.423 e. The Labute approximate surface area is 120 Å². The number of carbonyl (C=O) groups is 3. The van der Waals surface area contributed by atoms with E-state index in [1.165, 1.54) is 18.2 Å². The number of fused-ring (bicyclic) bond motifs is 1. The van der Waals surface area contributed by atoms with Crippen LogP contribution in [-0.4, -0.2) is 17.8 Å². The molecule has 0 bridgehead atoms. The van der Waals surface area contributed by atoms with Gasteiger partial charge in [0.05, 0.1) is 16.7 Å². The van der Waals surface area contributed by atoms with Crippen LogP contribution in [0.3, 0.4) is 0 Å². The second kappa shape index (κ2) is 4.86. The standard InChI is InChI=1S/C16H11NO4/c1-9-2-5-11(6-3-9)21-16(20)10-4-7-12-13(8-10)15(19)17-14(12)18/h2-8H,1H3,(H,17,18,19). The van der Waals surface area contributed by atoms with Gasteiger partial charge in [-0.15, -0.1) is 0 Å². The summed E-state index contributed by atoms with van der Waals surface area (Å²) in [4.78, 5) is 35.0. The van der Waals surface area contributed by atoms with Crippen molar-refractivity contribution in [2.45, 2.75) is 6.92 Å². The van der Waals surface area contributed by atoms with E-state index < -0.39 is 17.8 Å². The number of hydrogen-bond donors (Lipinski definition) is 1. The molecule has 104 valence electrons. The molecular weight excluding hydrogens is 270 g/mol. The zero-order valence-corrected chi connectivity index (χ0v) is 11.2. The van der Waals surface area contributed by atoms with Crippen LogP contribution in [0.1, 0.15) is 36.6 Å². The van der Waals surface area contributed by atoms with Crippen molar-refractivity contribution in [3.8, 4) is 5.75 Å². The topological polar surface area (TPSA) is 72.5 Å². The van der Waals surface area contributed by atoms with Crippen LogP contribution in [0.25, 0.3) is 0 Å². The lowest BCUT2D eigenvalue weighted by atomic mass is 10.1. The highest BCUT2D eigenvalue weighted by atomic mass is 16.5. The highest BCUT2D eigenvalue weighted by molar-refractivity contribution is 6.22. The average molecular weight is 281 g/mol. The third kappa shape index (κ3) is 2.41. The van der Waals surface area contributed by atoms with E-state index in [1.54, 1.807) is 12.1 Å². The second-order valence-corrected chi connectivity index (χ2v) is 4.75. The number of esters is 1. The molecule has 0 fully saturated rings. The summed E-state index contributed by atoms with van der Waals surface area (Å²) in [7, 11) is 0. The molecule has 1 aliphatic rings. The number of hydrogen-bond acceptors (Lipinski definition) is 4. The molecule has 5 nitrogen and oxygen atoms in total. The summed E-state index contributed by atoms with van der Waals surface area (Å²) in [5.41, 5.74) is 1.74. The molecule has 1 N–H and O–H groups in total. The normalized spacial score (nSPS) is 12.8. The number of benzene rings is 2. The van der Waals surface area contributed by atoms with Crippen LogP contribution in [0.4, 0.5) is 0 Å². The van der Waals surface area contributed by atoms with Crippen LogP contribution in [0.15, 0.2) is 42.5 Å². The first-order valence-corrected chi connectivity index (χ1v) is 6.33. The molecule has 2 aromatic carbocycles. The lowest BCUT2D eigenvalue weighted by molar-refractivity contribution is 0.0734. The van der Waals surface area contributed by atoms with Gasteiger partial charge in [-0.2, -0.15) is 0 Å². The molecule has 0 radical (unpaired) electrons. The van der Waals surface area contributed by atoms with Gasteiger partial charge >= 0.3 is 5.97 Å². The smallest absolute Gasteiger partial charge is 0.343 e. The molecule has 3 rings (SSSR count). The molecule has 2 aromatic rings. The van der Waals surface area contributed by atoms with Gasteiger partial charge in [0, 0.05) is 0 Å². The molecular formula is C16H11NO4. The molecule has 0 saturated carbocycles. The Balaban J connectivity index is 1.86. The van der Waals surface area contributed by atoms with Gasteiger partial charge in [-0.1, -0.05) is 17.7 Å². The van der Waals surface area contributed by atoms with Crippen molar-refractivity contribution >= 4 is 17.8 Å². The van der Waals surface area contributed by atoms with Gasteiger partial charge in [-0.25, -0.2) is 4.79 Å². The van der Waals surface area contributed by atoms with Crippen LogP contribution in [0.2, 0.25) is 0 Å². The molecule has 0 aliphatic carbocycles. The van der Waals surface area contributed by atoms with Crippen molar-refractivity contribution in [1.82, 2.24) is 5.32 Å². The summed E-state index contributed by atoms with van der Waals surface area (Å²) in [6.07, 6.45) is 0. The Morgan fingerprint density at radius 2 is 1.62 bits per heavy atom. The number of carbonyl (C=O) groups excluding carboxylic acids is 3. The Morgan fingerprint density at radius 3 is 2.33 bits per heavy atom. The number of amides is 2. The largest absolute Gasteiger partial charge is 0.423 e. The van der Waals surface area contributed by atoms with Crippen molar-refractivity contribution in [3.05, 3.63) is 64.7 Å². The van der Waals surface area contributed by atoms with E-state index in [-0.39, 0.29) is 16.7 Å². The summed E-state index contributed by atoms with van der Waals surface area (Å²) in [6, 6.07) is 11.3. The molecule has 0 spiro atoms. The van der Waals surface area contributed by atoms with Crippen molar-refractivity contribution in [2.24, 2.45) is 0 Å². The average Bonchev–Trinajstić information content (AvgIpc) is 2.76. The van der Waals surface area contributed by atoms with Gasteiger partial charge in [-0.05, 0) is 37.3 Å². The number of rotatable bonds is 2. The second-order valence-electron chi connectivity index (χ2n) is 4.75. The molecule has 0 saturated heterocycles. The third-order valence-electron chi connectivity index (χ3n) is 3.20. The van der Waals surface area contributed by atoms with Crippen LogP contribution < -0.4 is 10.1 Å². The molecule has 0 aromatic heterocycles. The first-order chi connectivity index (χ1) is 10.0. The molecule has 1 aliphatic heterocycles. The fourth-order valence-electron chi connectivity index (χ4n) is 2.07. The van der Waals surface area contributed by atoms with Crippen LogP contribution in [-0.2, 0) is 0 Å². The minimum absolute atomic E-state index is 0.193. The maximum Gasteiger partial charge on any atom is 0.343 e. The zero-order chi connectivity index (χ0) is 15.0. The Hall–Kier alpha value is -2.95. The molecule has 1 heterocycles. The summed E-state index contributed by atoms with van der Waals surface area (Å²) in [5.74, 6) is -1.10. The lowest BCUT2D eigenvalue weighted by Gasteiger charge is -2.05. The maximum absolute atomic E-state index is 12.0. The van der Waals surface area contributed by atoms with E-state index in [9.17, 15) is 14.4 Å². The summed E-state index contributed by atoms with van der Waals surface area (Å²) in [5, 5.41) is 2.17. The van der Waals surface area contributed by atoms with Crippen LogP contribution in [0.5, 0.6) is 5.75 Å². The molecule has 0 unspecified atom stereocenters. The van der Waals surface area contributed by atoms with E-state index >= 15 is 0 Å². The highest BCUT2D eigenvalue weighted by Gasteiger charge is 2.27. The monoisotopic (exact) mass is 281 g/mol. The summed E-state index contributed by atoms with van der Waals surface area (Å²) < 4.78 is 5.22. The predicted molar refractivity (Wildman–Crippen MR) is 74.4 cm³/mol. The third-order valence-corrected chi connectivity index (χ3v) is 3.20. The maximum atomic E-state index is 12.0. The van der Waals surface area contributed by atoms with Gasteiger partial charge in [0.25, 0.3) is 11.8 Å². The van der Waals surface area contributed by atoms with E-state index in [0.717, 1.165) is 5.56 Å². The molecule has 21 heavy (non-hydrogen) atoms. The molecule has 5 heteroatoms. The first kappa shape index (κ1) is 13.1. The summed E-state index contributed by atoms with van der Waals surface area (Å²) in [6.45, 7) is 1.93. The Bertz CT molecular complexity index is 762. The number of imide groups is 1. The highest BCUT2D eigenvalue weighted by Crippen LogP contribution is 2.19. The number of aryl methyl sites for hydroxylation is 1. The first-order valence-electron chi connectivity index (χ1n) is 6.33. The summed E-state index contributed by atoms with van der Waals surface area (Å²) >= 11 is 0. The number of nitrogens with one attached hydrogen (secondary N) is 1. The fraction of sp³-hybridized carbons (Fsp3) is 0.0625. The van der Waals surface area contributed by atoms with Crippen molar-refractivity contribution in [2.75, 3.05) is 0 Å². The van der Waals surface area contributed by atoms with Gasteiger partial charge < -0.3 is 4.74 Å². The number of ether oxygens (including phenoxy) is 1. The fourth-order valence-corrected chi connectivity index (χ4v) is 2.07. The lowest BCUT2D eigenvalue weighted by Crippen LogP contribution is -2.19. The molecule has 2 amide bonds. The van der Waals surface area contributed by atoms with Gasteiger partial charge in [0.1, 0.15) is 5.75 Å². The van der Waals surface area contributed by atoms with Crippen molar-refractivity contribution in [1.29, 1.82) is 0 Å². The van der Waals surface area contributed by atoms with E-state index in [1.807, 2.05) is 19.1 Å². The molecule has 0 atom stereocenters. The van der Waals surface area contributed by atoms with E-state index in [2.05, 4.69) is 5.32 Å². The van der Waals surface area contributed by atoms with Gasteiger partial charge in [0.15, 0.2) is 0 Å². The zero-order valence-electron chi connectivity index (χ0n) is 11.2. The Kier molecular flexibility index (Phi) is 3.02. The van der Waals surface area contributed by atoms with Gasteiger partial charge in [0.2, 0.25) is 0 Å². The van der Waals surface area contributed by atoms with E-state index in [4.69, 9.17) is 4.74 Å². The van der Waals surface area contributed by atoms with Gasteiger partial charge in [-0.3, -0.25) is 14.9 Å². The SMILES string of the molecule is Cc1ccc(OC(=O)c2ccc3c(c2)C(=O)NC3=O)cc1. The quantitative estimate of drug-likeness (QED) is 0.520. The van der Waals surface area contributed by atoms with Crippen LogP contribution >= 0.6 is 0 Å².